The predicted octanol–water partition coefficient (Wildman–Crippen LogP) is 2.49. The first-order valence-corrected chi connectivity index (χ1v) is 9.07. The summed E-state index contributed by atoms with van der Waals surface area (Å²) in [5.74, 6) is -0.00137. The van der Waals surface area contributed by atoms with E-state index in [9.17, 15) is 10.1 Å². The van der Waals surface area contributed by atoms with E-state index in [0.29, 0.717) is 12.0 Å². The number of carbonyl (C=O) groups excluding carboxylic acids is 1. The smallest absolute Gasteiger partial charge is 0.248 e. The molecule has 0 fully saturated rings. The Hall–Kier alpha value is -3.27. The van der Waals surface area contributed by atoms with Crippen LogP contribution in [0, 0.1) is 11.3 Å². The summed E-state index contributed by atoms with van der Waals surface area (Å²) in [6.07, 6.45) is 1.54. The molecule has 138 valence electrons. The second-order valence-corrected chi connectivity index (χ2v) is 7.12. The minimum atomic E-state index is -1.33. The fraction of sp³-hybridized carbons (Fsp3) is 0.350. The normalized spacial score (nSPS) is 20.7. The molecule has 0 unspecified atom stereocenters. The zero-order valence-corrected chi connectivity index (χ0v) is 15.5. The van der Waals surface area contributed by atoms with Crippen molar-refractivity contribution >= 4 is 11.6 Å². The summed E-state index contributed by atoms with van der Waals surface area (Å²) in [5, 5.41) is 17.2. The molecule has 0 aliphatic carbocycles. The molecule has 2 aliphatic heterocycles. The predicted molar refractivity (Wildman–Crippen MR) is 99.9 cm³/mol. The first kappa shape index (κ1) is 17.2. The summed E-state index contributed by atoms with van der Waals surface area (Å²) in [6, 6.07) is 9.64. The molecule has 1 aromatic carbocycles. The zero-order chi connectivity index (χ0) is 19.3. The summed E-state index contributed by atoms with van der Waals surface area (Å²) in [6.45, 7) is 5.95. The van der Waals surface area contributed by atoms with Crippen LogP contribution in [0.3, 0.4) is 0 Å². The first-order chi connectivity index (χ1) is 13.0. The molecule has 2 aromatic rings. The number of hydrogen-bond acceptors (Lipinski definition) is 5. The number of aromatic nitrogens is 2. The molecular formula is C20H21N5O2. The molecule has 3 heterocycles. The number of nitrogens with two attached hydrogens (primary N) is 1. The summed E-state index contributed by atoms with van der Waals surface area (Å²) < 4.78 is 5.63. The van der Waals surface area contributed by atoms with Crippen LogP contribution in [0.5, 0.6) is 5.88 Å². The number of nitrogens with one attached hydrogen (secondary N) is 1. The second-order valence-electron chi connectivity index (χ2n) is 7.12. The number of anilines is 1. The minimum absolute atomic E-state index is 0.0756. The van der Waals surface area contributed by atoms with Gasteiger partial charge in [-0.1, -0.05) is 31.5 Å². The number of H-pyrrole nitrogens is 1. The highest BCUT2D eigenvalue weighted by Crippen LogP contribution is 2.56. The van der Waals surface area contributed by atoms with Gasteiger partial charge in [-0.2, -0.15) is 5.26 Å². The fourth-order valence-corrected chi connectivity index (χ4v) is 4.26. The summed E-state index contributed by atoms with van der Waals surface area (Å²) >= 11 is 0. The number of nitrogens with zero attached hydrogens (tertiary/aromatic N) is 3. The van der Waals surface area contributed by atoms with Gasteiger partial charge in [-0.15, -0.1) is 5.10 Å². The standard InChI is InChI=1S/C20H21N5O2/c1-4-7-14-16-18(24-23-14)27-17(22)13(10-21)20(16)12-8-5-6-9-15(12)25(11(2)3)19(20)26/h5-6,8-9,11H,4,7,22H2,1-3H3,(H,23,24)/t20-/m0/s1. The van der Waals surface area contributed by atoms with Crippen molar-refractivity contribution in [3.8, 4) is 11.9 Å². The van der Waals surface area contributed by atoms with E-state index in [1.165, 1.54) is 0 Å². The van der Waals surface area contributed by atoms with E-state index >= 15 is 0 Å². The van der Waals surface area contributed by atoms with Gasteiger partial charge >= 0.3 is 0 Å². The van der Waals surface area contributed by atoms with Gasteiger partial charge in [-0.05, 0) is 26.3 Å². The number of fused-ring (bicyclic) bond motifs is 4. The van der Waals surface area contributed by atoms with Crippen LogP contribution in [0.4, 0.5) is 5.69 Å². The van der Waals surface area contributed by atoms with Crippen LogP contribution in [0.2, 0.25) is 0 Å². The maximum atomic E-state index is 13.9. The van der Waals surface area contributed by atoms with Crippen molar-refractivity contribution in [2.75, 3.05) is 4.90 Å². The Bertz CT molecular complexity index is 1010. The number of amides is 1. The highest BCUT2D eigenvalue weighted by atomic mass is 16.5. The van der Waals surface area contributed by atoms with Gasteiger partial charge in [0.25, 0.3) is 0 Å². The second kappa shape index (κ2) is 5.88. The Morgan fingerprint density at radius 2 is 2.15 bits per heavy atom. The van der Waals surface area contributed by atoms with Crippen LogP contribution in [-0.4, -0.2) is 22.1 Å². The third kappa shape index (κ3) is 2.01. The molecule has 7 nitrogen and oxygen atoms in total. The summed E-state index contributed by atoms with van der Waals surface area (Å²) in [4.78, 5) is 15.6. The van der Waals surface area contributed by atoms with Gasteiger partial charge in [0.15, 0.2) is 0 Å². The van der Waals surface area contributed by atoms with Crippen molar-refractivity contribution in [3.05, 3.63) is 52.5 Å². The molecule has 1 atom stereocenters. The van der Waals surface area contributed by atoms with E-state index in [4.69, 9.17) is 10.5 Å². The minimum Gasteiger partial charge on any atom is -0.420 e. The van der Waals surface area contributed by atoms with Crippen molar-refractivity contribution in [1.82, 2.24) is 10.2 Å². The van der Waals surface area contributed by atoms with Crippen molar-refractivity contribution in [1.29, 1.82) is 5.26 Å². The maximum absolute atomic E-state index is 13.9. The van der Waals surface area contributed by atoms with Crippen molar-refractivity contribution in [2.24, 2.45) is 5.73 Å². The van der Waals surface area contributed by atoms with Gasteiger partial charge in [0.2, 0.25) is 17.7 Å². The molecule has 27 heavy (non-hydrogen) atoms. The number of ether oxygens (including phenoxy) is 1. The summed E-state index contributed by atoms with van der Waals surface area (Å²) in [5.41, 5.74) is 7.81. The molecule has 1 aromatic heterocycles. The third-order valence-corrected chi connectivity index (χ3v) is 5.25. The Balaban J connectivity index is 2.14. The van der Waals surface area contributed by atoms with Crippen molar-refractivity contribution in [3.63, 3.8) is 0 Å². The van der Waals surface area contributed by atoms with E-state index in [2.05, 4.69) is 16.3 Å². The average molecular weight is 363 g/mol. The van der Waals surface area contributed by atoms with Crippen LogP contribution in [0.15, 0.2) is 35.7 Å². The first-order valence-electron chi connectivity index (χ1n) is 9.07. The maximum Gasteiger partial charge on any atom is 0.248 e. The van der Waals surface area contributed by atoms with Gasteiger partial charge in [0.1, 0.15) is 17.1 Å². The topological polar surface area (TPSA) is 108 Å². The number of hydrogen-bond donors (Lipinski definition) is 2. The Labute approximate surface area is 157 Å². The molecule has 4 rings (SSSR count). The Kier molecular flexibility index (Phi) is 3.74. The zero-order valence-electron chi connectivity index (χ0n) is 15.5. The van der Waals surface area contributed by atoms with E-state index in [-0.39, 0.29) is 29.3 Å². The molecule has 1 amide bonds. The largest absolute Gasteiger partial charge is 0.420 e. The molecule has 3 N–H and O–H groups in total. The van der Waals surface area contributed by atoms with E-state index < -0.39 is 5.41 Å². The van der Waals surface area contributed by atoms with Crippen LogP contribution in [0.1, 0.15) is 44.0 Å². The van der Waals surface area contributed by atoms with Crippen LogP contribution >= 0.6 is 0 Å². The Morgan fingerprint density at radius 1 is 1.41 bits per heavy atom. The molecule has 0 bridgehead atoms. The van der Waals surface area contributed by atoms with Gasteiger partial charge in [-0.3, -0.25) is 9.89 Å². The van der Waals surface area contributed by atoms with Gasteiger partial charge in [0.05, 0.1) is 5.56 Å². The number of para-hydroxylation sites is 1. The van der Waals surface area contributed by atoms with Crippen LogP contribution < -0.4 is 15.4 Å². The molecule has 0 saturated carbocycles. The molecule has 0 saturated heterocycles. The van der Waals surface area contributed by atoms with Gasteiger partial charge in [-0.25, -0.2) is 0 Å². The fourth-order valence-electron chi connectivity index (χ4n) is 4.26. The third-order valence-electron chi connectivity index (χ3n) is 5.25. The molecule has 7 heteroatoms. The van der Waals surface area contributed by atoms with Crippen molar-refractivity contribution in [2.45, 2.75) is 45.1 Å². The van der Waals surface area contributed by atoms with Gasteiger partial charge < -0.3 is 15.4 Å². The number of carbonyl (C=O) groups is 1. The number of nitriles is 1. The lowest BCUT2D eigenvalue weighted by Crippen LogP contribution is -2.48. The quantitative estimate of drug-likeness (QED) is 0.871. The lowest BCUT2D eigenvalue weighted by Gasteiger charge is -2.33. The highest BCUT2D eigenvalue weighted by Gasteiger charge is 2.61. The van der Waals surface area contributed by atoms with Crippen LogP contribution in [-0.2, 0) is 16.6 Å². The summed E-state index contributed by atoms with van der Waals surface area (Å²) in [7, 11) is 0. The number of aromatic amines is 1. The molecule has 2 aliphatic rings. The average Bonchev–Trinajstić information content (AvgIpc) is 3.14. The van der Waals surface area contributed by atoms with E-state index in [1.807, 2.05) is 45.0 Å². The van der Waals surface area contributed by atoms with E-state index in [0.717, 1.165) is 23.4 Å². The van der Waals surface area contributed by atoms with Crippen molar-refractivity contribution < 1.29 is 9.53 Å². The number of aryl methyl sites for hydroxylation is 1. The molecule has 1 spiro atoms. The SMILES string of the molecule is CCCc1[nH]nc2c1[C@@]1(C(=O)N(C(C)C)c3ccccc31)C(C#N)=C(N)O2. The van der Waals surface area contributed by atoms with E-state index in [1.54, 1.807) is 4.90 Å². The monoisotopic (exact) mass is 363 g/mol. The number of benzene rings is 1. The lowest BCUT2D eigenvalue weighted by atomic mass is 9.68. The van der Waals surface area contributed by atoms with Gasteiger partial charge in [0, 0.05) is 23.0 Å². The lowest BCUT2D eigenvalue weighted by molar-refractivity contribution is -0.121. The Morgan fingerprint density at radius 3 is 2.81 bits per heavy atom. The molecule has 0 radical (unpaired) electrons. The number of rotatable bonds is 3. The highest BCUT2D eigenvalue weighted by molar-refractivity contribution is 6.14. The van der Waals surface area contributed by atoms with Crippen LogP contribution in [0.25, 0.3) is 0 Å². The molecular weight excluding hydrogens is 342 g/mol.